The van der Waals surface area contributed by atoms with E-state index in [0.29, 0.717) is 12.5 Å². The van der Waals surface area contributed by atoms with Crippen molar-refractivity contribution in [2.24, 2.45) is 11.7 Å². The van der Waals surface area contributed by atoms with E-state index in [4.69, 9.17) is 10.6 Å². The highest BCUT2D eigenvalue weighted by Gasteiger charge is 2.51. The highest BCUT2D eigenvalue weighted by molar-refractivity contribution is 7.82. The minimum absolute atomic E-state index is 0.00140. The lowest BCUT2D eigenvalue weighted by atomic mass is 10.0. The van der Waals surface area contributed by atoms with Crippen LogP contribution in [0.4, 0.5) is 18.0 Å². The van der Waals surface area contributed by atoms with Gasteiger partial charge in [-0.1, -0.05) is 0 Å². The number of halogens is 3. The first-order valence-electron chi connectivity index (χ1n) is 9.61. The predicted octanol–water partition coefficient (Wildman–Crippen LogP) is -1.48. The summed E-state index contributed by atoms with van der Waals surface area (Å²) in [5.41, 5.74) is 7.84. The third-order valence-corrected chi connectivity index (χ3v) is 6.01. The molecule has 3 heterocycles. The van der Waals surface area contributed by atoms with Crippen LogP contribution in [0.3, 0.4) is 0 Å². The molecule has 3 rings (SSSR count). The minimum atomic E-state index is -5.58. The first-order valence-corrected chi connectivity index (χ1v) is 10.9. The monoisotopic (exact) mass is 489 g/mol. The van der Waals surface area contributed by atoms with Gasteiger partial charge in [-0.2, -0.15) is 26.7 Å². The Morgan fingerprint density at radius 2 is 2.00 bits per heavy atom. The van der Waals surface area contributed by atoms with E-state index in [0.717, 1.165) is 17.9 Å². The van der Waals surface area contributed by atoms with E-state index in [9.17, 15) is 36.0 Å². The number of fused-ring (bicyclic) bond motifs is 2. The zero-order valence-electron chi connectivity index (χ0n) is 16.5. The van der Waals surface area contributed by atoms with Crippen LogP contribution in [0.2, 0.25) is 0 Å². The lowest BCUT2D eigenvalue weighted by molar-refractivity contribution is -0.191. The third-order valence-electron chi connectivity index (χ3n) is 5.31. The number of amides is 3. The summed E-state index contributed by atoms with van der Waals surface area (Å²) in [5.74, 6) is -3.36. The Balaban J connectivity index is 1.52. The first-order chi connectivity index (χ1) is 14.9. The molecule has 182 valence electrons. The fourth-order valence-corrected chi connectivity index (χ4v) is 4.44. The van der Waals surface area contributed by atoms with Crippen LogP contribution in [0.25, 0.3) is 0 Å². The summed E-state index contributed by atoms with van der Waals surface area (Å²) in [6, 6.07) is -2.96. The molecule has 3 saturated heterocycles. The molecule has 0 aromatic carbocycles. The molecule has 17 heteroatoms. The van der Waals surface area contributed by atoms with Crippen molar-refractivity contribution in [1.82, 2.24) is 20.8 Å². The largest absolute Gasteiger partial charge is 0.492 e. The molecule has 0 saturated carbocycles. The molecular weight excluding hydrogens is 467 g/mol. The average Bonchev–Trinajstić information content (AvgIpc) is 3.25. The third kappa shape index (κ3) is 5.58. The molecule has 4 atom stereocenters. The molecule has 0 spiro atoms. The van der Waals surface area contributed by atoms with Crippen molar-refractivity contribution in [1.29, 1.82) is 0 Å². The summed E-state index contributed by atoms with van der Waals surface area (Å²) >= 11 is 0. The Kier molecular flexibility index (Phi) is 7.13. The van der Waals surface area contributed by atoms with Crippen molar-refractivity contribution < 1.29 is 49.3 Å². The van der Waals surface area contributed by atoms with Gasteiger partial charge in [-0.15, -0.1) is 4.28 Å². The van der Waals surface area contributed by atoms with E-state index in [-0.39, 0.29) is 37.1 Å². The van der Waals surface area contributed by atoms with Crippen molar-refractivity contribution in [2.45, 2.75) is 43.6 Å². The second-order valence-corrected chi connectivity index (χ2v) is 8.71. The normalized spacial score (nSPS) is 28.2. The van der Waals surface area contributed by atoms with Gasteiger partial charge in [-0.3, -0.25) is 9.63 Å². The molecule has 2 bridgehead atoms. The smallest absolute Gasteiger partial charge is 0.330 e. The van der Waals surface area contributed by atoms with Gasteiger partial charge in [0.05, 0.1) is 12.6 Å². The number of nitrogens with one attached hydrogen (secondary N) is 2. The number of carbonyl (C=O) groups excluding carboxylic acids is 3. The zero-order valence-corrected chi connectivity index (χ0v) is 17.4. The van der Waals surface area contributed by atoms with Gasteiger partial charge in [-0.05, 0) is 38.3 Å². The van der Waals surface area contributed by atoms with E-state index in [1.165, 1.54) is 0 Å². The Labute approximate surface area is 180 Å². The van der Waals surface area contributed by atoms with Gasteiger partial charge in [0.15, 0.2) is 0 Å². The van der Waals surface area contributed by atoms with Gasteiger partial charge in [0, 0.05) is 12.6 Å². The van der Waals surface area contributed by atoms with E-state index >= 15 is 0 Å². The van der Waals surface area contributed by atoms with E-state index in [2.05, 4.69) is 19.3 Å². The van der Waals surface area contributed by atoms with Crippen LogP contribution >= 0.6 is 0 Å². The molecule has 0 unspecified atom stereocenters. The first kappa shape index (κ1) is 24.4. The maximum atomic E-state index is 12.5. The molecule has 0 aromatic heterocycles. The topological polar surface area (TPSA) is 170 Å². The molecule has 0 radical (unpaired) electrons. The number of nitrogens with two attached hydrogens (primary N) is 1. The number of hydroxylamine groups is 3. The summed E-state index contributed by atoms with van der Waals surface area (Å²) in [4.78, 5) is 41.8. The highest BCUT2D eigenvalue weighted by Crippen LogP contribution is 2.31. The van der Waals surface area contributed by atoms with Crippen molar-refractivity contribution in [3.8, 4) is 0 Å². The van der Waals surface area contributed by atoms with E-state index in [1.807, 2.05) is 0 Å². The zero-order chi connectivity index (χ0) is 23.7. The maximum Gasteiger partial charge on any atom is 0.492 e. The molecule has 0 aliphatic carbocycles. The molecule has 0 aromatic rings. The number of carbonyl (C=O) groups is 3. The Bertz CT molecular complexity index is 856. The fraction of sp³-hybridized carbons (Fsp3) is 0.800. The number of hydrogen-bond donors (Lipinski definition) is 3. The number of piperidine rings is 1. The van der Waals surface area contributed by atoms with Crippen LogP contribution < -0.4 is 16.5 Å². The van der Waals surface area contributed by atoms with E-state index < -0.39 is 46.6 Å². The Morgan fingerprint density at radius 1 is 1.28 bits per heavy atom. The van der Waals surface area contributed by atoms with Crippen LogP contribution in [0.1, 0.15) is 19.3 Å². The average molecular weight is 489 g/mol. The van der Waals surface area contributed by atoms with Crippen molar-refractivity contribution in [2.75, 3.05) is 26.2 Å². The Hall–Kier alpha value is -2.21. The molecule has 32 heavy (non-hydrogen) atoms. The van der Waals surface area contributed by atoms with Crippen LogP contribution in [-0.2, 0) is 33.3 Å². The van der Waals surface area contributed by atoms with Crippen molar-refractivity contribution in [3.05, 3.63) is 0 Å². The summed E-state index contributed by atoms with van der Waals surface area (Å²) in [7, 11) is -5.52. The van der Waals surface area contributed by atoms with Gasteiger partial charge >= 0.3 is 28.6 Å². The van der Waals surface area contributed by atoms with Gasteiger partial charge in [-0.25, -0.2) is 15.1 Å². The molecule has 3 aliphatic heterocycles. The summed E-state index contributed by atoms with van der Waals surface area (Å²) in [6.07, 6.45) is -4.58. The van der Waals surface area contributed by atoms with Crippen molar-refractivity contribution >= 4 is 28.3 Å². The molecule has 4 N–H and O–H groups in total. The van der Waals surface area contributed by atoms with Crippen molar-refractivity contribution in [3.63, 3.8) is 0 Å². The summed E-state index contributed by atoms with van der Waals surface area (Å²) in [6.45, 7) is 1.31. The highest BCUT2D eigenvalue weighted by atomic mass is 32.3. The van der Waals surface area contributed by atoms with Crippen LogP contribution in [0.15, 0.2) is 0 Å². The predicted molar refractivity (Wildman–Crippen MR) is 95.9 cm³/mol. The SMILES string of the molecule is NC[C@H]1CN[C@H](CONC(=O)[C@@H]2CC[C@@H]3CN2C(=O)N3OS(=O)(=O)OC(=O)C(F)(F)F)C1. The maximum absolute atomic E-state index is 12.5. The number of rotatable bonds is 8. The number of hydrogen-bond acceptors (Lipinski definition) is 10. The molecule has 3 fully saturated rings. The molecular formula is C15H22F3N5O8S. The van der Waals surface area contributed by atoms with Gasteiger partial charge in [0.25, 0.3) is 5.91 Å². The number of urea groups is 1. The van der Waals surface area contributed by atoms with E-state index in [1.54, 1.807) is 0 Å². The van der Waals surface area contributed by atoms with Gasteiger partial charge in [0.2, 0.25) is 0 Å². The van der Waals surface area contributed by atoms with Gasteiger partial charge < -0.3 is 20.1 Å². The quantitative estimate of drug-likeness (QED) is 0.342. The summed E-state index contributed by atoms with van der Waals surface area (Å²) < 4.78 is 67.5. The van der Waals surface area contributed by atoms with Gasteiger partial charge in [0.1, 0.15) is 6.04 Å². The molecule has 13 nitrogen and oxygen atoms in total. The Morgan fingerprint density at radius 3 is 2.62 bits per heavy atom. The molecule has 3 amide bonds. The number of alkyl halides is 3. The number of nitrogens with zero attached hydrogens (tertiary/aromatic N) is 2. The standard InChI is InChI=1S/C15H22F3N5O8S/c16-15(17,18)13(25)30-32(27,28)31-23-10-1-2-11(22(6-10)14(23)26)12(24)21-29-7-9-3-8(4-19)5-20-9/h8-11,20H,1-7,19H2,(H,21,24)/t8-,9-,10+,11-/m0/s1. The minimum Gasteiger partial charge on any atom is -0.330 e. The second kappa shape index (κ2) is 9.34. The lowest BCUT2D eigenvalue weighted by Gasteiger charge is -2.29. The fourth-order valence-electron chi connectivity index (χ4n) is 3.75. The van der Waals surface area contributed by atoms with Crippen LogP contribution in [-0.4, -0.2) is 86.8 Å². The lowest BCUT2D eigenvalue weighted by Crippen LogP contribution is -2.50. The second-order valence-electron chi connectivity index (χ2n) is 7.58. The van der Waals surface area contributed by atoms with Crippen LogP contribution in [0, 0.1) is 5.92 Å². The molecule has 3 aliphatic rings. The summed E-state index contributed by atoms with van der Waals surface area (Å²) in [5, 5.41) is 3.47. The van der Waals surface area contributed by atoms with Crippen LogP contribution in [0.5, 0.6) is 0 Å².